The van der Waals surface area contributed by atoms with Gasteiger partial charge < -0.3 is 5.32 Å². The predicted octanol–water partition coefficient (Wildman–Crippen LogP) is 4.91. The topological polar surface area (TPSA) is 71.1 Å². The van der Waals surface area contributed by atoms with Crippen molar-refractivity contribution in [3.05, 3.63) is 69.8 Å². The van der Waals surface area contributed by atoms with E-state index in [1.54, 1.807) is 0 Å². The second-order valence-electron chi connectivity index (χ2n) is 5.52. The Morgan fingerprint density at radius 3 is 2.62 bits per heavy atom. The van der Waals surface area contributed by atoms with Crippen molar-refractivity contribution in [1.29, 1.82) is 0 Å². The number of nitrogens with one attached hydrogen (secondary N) is 2. The van der Waals surface area contributed by atoms with Crippen molar-refractivity contribution in [3.63, 3.8) is 0 Å². The van der Waals surface area contributed by atoms with Crippen molar-refractivity contribution in [3.8, 4) is 0 Å². The van der Waals surface area contributed by atoms with Gasteiger partial charge in [-0.25, -0.2) is 17.8 Å². The van der Waals surface area contributed by atoms with Crippen LogP contribution in [0.25, 0.3) is 0 Å². The zero-order chi connectivity index (χ0) is 18.7. The van der Waals surface area contributed by atoms with Crippen LogP contribution in [0.15, 0.2) is 58.3 Å². The van der Waals surface area contributed by atoms with Crippen LogP contribution >= 0.6 is 22.9 Å². The Kier molecular flexibility index (Phi) is 5.45. The summed E-state index contributed by atoms with van der Waals surface area (Å²) in [5.74, 6) is -0.773. The van der Waals surface area contributed by atoms with Crippen LogP contribution < -0.4 is 10.0 Å². The second kappa shape index (κ2) is 7.61. The number of rotatable bonds is 6. The van der Waals surface area contributed by atoms with E-state index in [1.807, 2.05) is 37.3 Å². The maximum atomic E-state index is 14.5. The van der Waals surface area contributed by atoms with Gasteiger partial charge in [0.05, 0.1) is 16.2 Å². The molecular formula is C17H15ClFN3O2S2. The van der Waals surface area contributed by atoms with E-state index in [-0.39, 0.29) is 16.9 Å². The van der Waals surface area contributed by atoms with Gasteiger partial charge in [-0.2, -0.15) is 0 Å². The van der Waals surface area contributed by atoms with Crippen molar-refractivity contribution in [1.82, 2.24) is 4.98 Å². The minimum atomic E-state index is -4.13. The van der Waals surface area contributed by atoms with E-state index >= 15 is 0 Å². The summed E-state index contributed by atoms with van der Waals surface area (Å²) in [6.45, 7) is 1.90. The first-order chi connectivity index (χ1) is 12.4. The lowest BCUT2D eigenvalue weighted by Gasteiger charge is -2.18. The molecule has 0 aliphatic carbocycles. The van der Waals surface area contributed by atoms with Gasteiger partial charge in [0, 0.05) is 11.4 Å². The fourth-order valence-corrected chi connectivity index (χ4v) is 4.29. The second-order valence-corrected chi connectivity index (χ2v) is 8.30. The van der Waals surface area contributed by atoms with Crippen LogP contribution in [-0.2, 0) is 10.0 Å². The molecule has 5 nitrogen and oxygen atoms in total. The Bertz CT molecular complexity index is 996. The summed E-state index contributed by atoms with van der Waals surface area (Å²) in [5.41, 5.74) is 2.78. The molecule has 0 radical (unpaired) electrons. The van der Waals surface area contributed by atoms with Crippen molar-refractivity contribution >= 4 is 44.5 Å². The maximum Gasteiger partial charge on any atom is 0.266 e. The molecule has 0 saturated carbocycles. The van der Waals surface area contributed by atoms with Gasteiger partial charge in [0.25, 0.3) is 10.0 Å². The predicted molar refractivity (Wildman–Crippen MR) is 103 cm³/mol. The molecule has 3 rings (SSSR count). The lowest BCUT2D eigenvalue weighted by atomic mass is 10.1. The van der Waals surface area contributed by atoms with E-state index in [0.717, 1.165) is 17.7 Å². The van der Waals surface area contributed by atoms with Crippen LogP contribution in [0.3, 0.4) is 0 Å². The van der Waals surface area contributed by atoms with Crippen molar-refractivity contribution in [2.24, 2.45) is 0 Å². The van der Waals surface area contributed by atoms with E-state index in [1.165, 1.54) is 22.2 Å². The highest BCUT2D eigenvalue weighted by molar-refractivity contribution is 7.92. The summed E-state index contributed by atoms with van der Waals surface area (Å²) in [4.78, 5) is 3.30. The van der Waals surface area contributed by atoms with Crippen LogP contribution in [0.5, 0.6) is 0 Å². The highest BCUT2D eigenvalue weighted by atomic mass is 35.5. The minimum absolute atomic E-state index is 0.104. The summed E-state index contributed by atoms with van der Waals surface area (Å²) >= 11 is 7.41. The molecule has 2 N–H and O–H groups in total. The fraction of sp³-hybridized carbons (Fsp3) is 0.118. The largest absolute Gasteiger partial charge is 0.377 e. The van der Waals surface area contributed by atoms with E-state index in [2.05, 4.69) is 15.0 Å². The first-order valence-electron chi connectivity index (χ1n) is 7.58. The average Bonchev–Trinajstić information content (AvgIpc) is 3.10. The van der Waals surface area contributed by atoms with Gasteiger partial charge in [-0.05, 0) is 24.6 Å². The Morgan fingerprint density at radius 1 is 1.23 bits per heavy atom. The van der Waals surface area contributed by atoms with Gasteiger partial charge in [-0.3, -0.25) is 4.72 Å². The lowest BCUT2D eigenvalue weighted by Crippen LogP contribution is -2.15. The molecule has 0 aliphatic heterocycles. The van der Waals surface area contributed by atoms with E-state index in [0.29, 0.717) is 5.69 Å². The quantitative estimate of drug-likeness (QED) is 0.604. The van der Waals surface area contributed by atoms with Crippen LogP contribution in [0.2, 0.25) is 5.02 Å². The van der Waals surface area contributed by atoms with Gasteiger partial charge in [-0.15, -0.1) is 11.3 Å². The third-order valence-electron chi connectivity index (χ3n) is 3.65. The molecule has 26 heavy (non-hydrogen) atoms. The third kappa shape index (κ3) is 4.14. The van der Waals surface area contributed by atoms with Gasteiger partial charge in [0.2, 0.25) is 0 Å². The number of anilines is 2. The number of aromatic nitrogens is 1. The average molecular weight is 412 g/mol. The molecule has 1 unspecified atom stereocenters. The Balaban J connectivity index is 1.86. The number of thiazole rings is 1. The smallest absolute Gasteiger partial charge is 0.266 e. The molecule has 3 aromatic rings. The summed E-state index contributed by atoms with van der Waals surface area (Å²) in [6, 6.07) is 11.6. The van der Waals surface area contributed by atoms with Gasteiger partial charge in [0.15, 0.2) is 5.82 Å². The van der Waals surface area contributed by atoms with Crippen molar-refractivity contribution in [2.45, 2.75) is 17.9 Å². The van der Waals surface area contributed by atoms with E-state index in [9.17, 15) is 12.8 Å². The zero-order valence-electron chi connectivity index (χ0n) is 13.6. The summed E-state index contributed by atoms with van der Waals surface area (Å²) in [6.07, 6.45) is 0. The lowest BCUT2D eigenvalue weighted by molar-refractivity contribution is 0.570. The zero-order valence-corrected chi connectivity index (χ0v) is 16.0. The molecule has 0 spiro atoms. The SMILES string of the molecule is CC(Nc1cc(F)c(S(=O)(=O)Nc2cscn2)cc1Cl)c1ccccc1. The molecule has 2 aromatic carbocycles. The highest BCUT2D eigenvalue weighted by Gasteiger charge is 2.22. The number of benzene rings is 2. The van der Waals surface area contributed by atoms with Crippen molar-refractivity contribution in [2.75, 3.05) is 10.0 Å². The Morgan fingerprint density at radius 2 is 1.96 bits per heavy atom. The molecule has 0 amide bonds. The normalized spacial score (nSPS) is 12.6. The molecule has 136 valence electrons. The fourth-order valence-electron chi connectivity index (χ4n) is 2.36. The number of nitrogens with zero attached hydrogens (tertiary/aromatic N) is 1. The molecule has 0 saturated heterocycles. The Labute approximate surface area is 159 Å². The van der Waals surface area contributed by atoms with Gasteiger partial charge >= 0.3 is 0 Å². The molecular weight excluding hydrogens is 397 g/mol. The number of hydrogen-bond donors (Lipinski definition) is 2. The standard InChI is InChI=1S/C17H15ClFN3O2S2/c1-11(12-5-3-2-4-6-12)21-15-8-14(19)16(7-13(15)18)26(23,24)22-17-9-25-10-20-17/h2-11,21-22H,1H3. The molecule has 1 atom stereocenters. The highest BCUT2D eigenvalue weighted by Crippen LogP contribution is 2.31. The molecule has 0 aliphatic rings. The van der Waals surface area contributed by atoms with E-state index < -0.39 is 20.7 Å². The maximum absolute atomic E-state index is 14.5. The van der Waals surface area contributed by atoms with Crippen LogP contribution in [0, 0.1) is 5.82 Å². The summed E-state index contributed by atoms with van der Waals surface area (Å²) < 4.78 is 41.4. The van der Waals surface area contributed by atoms with Crippen LogP contribution in [0.1, 0.15) is 18.5 Å². The van der Waals surface area contributed by atoms with Gasteiger partial charge in [0.1, 0.15) is 10.7 Å². The number of hydrogen-bond acceptors (Lipinski definition) is 5. The van der Waals surface area contributed by atoms with Crippen molar-refractivity contribution < 1.29 is 12.8 Å². The summed E-state index contributed by atoms with van der Waals surface area (Å²) in [7, 11) is -4.13. The number of sulfonamides is 1. The first kappa shape index (κ1) is 18.6. The third-order valence-corrected chi connectivity index (χ3v) is 5.92. The van der Waals surface area contributed by atoms with Crippen LogP contribution in [0.4, 0.5) is 15.9 Å². The summed E-state index contributed by atoms with van der Waals surface area (Å²) in [5, 5.41) is 4.71. The minimum Gasteiger partial charge on any atom is -0.377 e. The van der Waals surface area contributed by atoms with E-state index in [4.69, 9.17) is 11.6 Å². The molecule has 1 aromatic heterocycles. The molecule has 0 fully saturated rings. The number of halogens is 2. The monoisotopic (exact) mass is 411 g/mol. The molecule has 9 heteroatoms. The Hall–Kier alpha value is -2.16. The van der Waals surface area contributed by atoms with Gasteiger partial charge in [-0.1, -0.05) is 41.9 Å². The molecule has 1 heterocycles. The first-order valence-corrected chi connectivity index (χ1v) is 10.4. The molecule has 0 bridgehead atoms. The van der Waals surface area contributed by atoms with Crippen LogP contribution in [-0.4, -0.2) is 13.4 Å².